The standard InChI is InChI=1S/C11H17FNP/c1-3-11(13-8(2)14)9-4-6-10(12)7-5-9/h4-8,11,13H,3,14H2,1-2H3/t8-,11?/m1/s1. The van der Waals surface area contributed by atoms with Crippen LogP contribution in [0, 0.1) is 5.82 Å². The van der Waals surface area contributed by atoms with E-state index >= 15 is 0 Å². The number of benzene rings is 1. The second-order valence-corrected chi connectivity index (χ2v) is 4.47. The summed E-state index contributed by atoms with van der Waals surface area (Å²) in [6.07, 6.45) is 1.00. The van der Waals surface area contributed by atoms with Crippen LogP contribution >= 0.6 is 9.24 Å². The molecule has 0 aromatic heterocycles. The van der Waals surface area contributed by atoms with Gasteiger partial charge in [0.1, 0.15) is 5.82 Å². The Hall–Kier alpha value is -0.460. The van der Waals surface area contributed by atoms with Crippen LogP contribution in [0.5, 0.6) is 0 Å². The lowest BCUT2D eigenvalue weighted by atomic mass is 10.0. The van der Waals surface area contributed by atoms with Gasteiger partial charge in [-0.25, -0.2) is 4.39 Å². The molecule has 0 bridgehead atoms. The summed E-state index contributed by atoms with van der Waals surface area (Å²) < 4.78 is 12.7. The van der Waals surface area contributed by atoms with Crippen LogP contribution in [0.25, 0.3) is 0 Å². The van der Waals surface area contributed by atoms with Crippen molar-refractivity contribution in [2.24, 2.45) is 0 Å². The van der Waals surface area contributed by atoms with Crippen molar-refractivity contribution in [3.8, 4) is 0 Å². The van der Waals surface area contributed by atoms with E-state index in [-0.39, 0.29) is 5.82 Å². The molecule has 0 aliphatic carbocycles. The second-order valence-electron chi connectivity index (χ2n) is 3.47. The number of halogens is 1. The van der Waals surface area contributed by atoms with Gasteiger partial charge in [0.25, 0.3) is 0 Å². The molecular weight excluding hydrogens is 196 g/mol. The summed E-state index contributed by atoms with van der Waals surface area (Å²) in [5.74, 6) is 0.188. The van der Waals surface area contributed by atoms with E-state index in [1.54, 1.807) is 0 Å². The van der Waals surface area contributed by atoms with Gasteiger partial charge < -0.3 is 5.32 Å². The number of rotatable bonds is 4. The Balaban J connectivity index is 2.73. The Morgan fingerprint density at radius 3 is 2.36 bits per heavy atom. The molecule has 0 spiro atoms. The molecule has 1 rings (SSSR count). The summed E-state index contributed by atoms with van der Waals surface area (Å²) in [6, 6.07) is 7.00. The third kappa shape index (κ3) is 3.36. The SMILES string of the molecule is CCC(N[C@@H](C)P)c1ccc(F)cc1. The fourth-order valence-corrected chi connectivity index (χ4v) is 1.69. The van der Waals surface area contributed by atoms with Gasteiger partial charge in [-0.1, -0.05) is 19.1 Å². The van der Waals surface area contributed by atoms with Crippen molar-refractivity contribution in [3.63, 3.8) is 0 Å². The molecule has 0 aliphatic heterocycles. The molecule has 0 saturated heterocycles. The minimum Gasteiger partial charge on any atom is -0.304 e. The van der Waals surface area contributed by atoms with Crippen LogP contribution in [0.2, 0.25) is 0 Å². The Bertz CT molecular complexity index is 271. The first-order valence-corrected chi connectivity index (χ1v) is 5.57. The molecule has 0 amide bonds. The molecule has 3 heteroatoms. The van der Waals surface area contributed by atoms with Crippen molar-refractivity contribution in [1.82, 2.24) is 5.32 Å². The molecule has 14 heavy (non-hydrogen) atoms. The van der Waals surface area contributed by atoms with E-state index < -0.39 is 0 Å². The summed E-state index contributed by atoms with van der Waals surface area (Å²) in [5, 5.41) is 3.41. The monoisotopic (exact) mass is 213 g/mol. The van der Waals surface area contributed by atoms with Crippen LogP contribution < -0.4 is 5.32 Å². The Morgan fingerprint density at radius 1 is 1.36 bits per heavy atom. The first kappa shape index (κ1) is 11.6. The molecule has 0 radical (unpaired) electrons. The number of hydrogen-bond donors (Lipinski definition) is 1. The predicted octanol–water partition coefficient (Wildman–Crippen LogP) is 3.09. The molecule has 3 atom stereocenters. The average molecular weight is 213 g/mol. The Labute approximate surface area is 87.3 Å². The molecule has 0 saturated carbocycles. The van der Waals surface area contributed by atoms with Gasteiger partial charge >= 0.3 is 0 Å². The van der Waals surface area contributed by atoms with Gasteiger partial charge in [0.15, 0.2) is 0 Å². The van der Waals surface area contributed by atoms with Crippen LogP contribution in [0.1, 0.15) is 31.9 Å². The van der Waals surface area contributed by atoms with Crippen LogP contribution in [0.4, 0.5) is 4.39 Å². The fourth-order valence-electron chi connectivity index (χ4n) is 1.46. The maximum Gasteiger partial charge on any atom is 0.123 e. The highest BCUT2D eigenvalue weighted by molar-refractivity contribution is 7.17. The Kier molecular flexibility index (Phi) is 4.50. The minimum absolute atomic E-state index is 0.178. The van der Waals surface area contributed by atoms with E-state index in [9.17, 15) is 4.39 Å². The molecular formula is C11H17FNP. The lowest BCUT2D eigenvalue weighted by Gasteiger charge is -2.19. The van der Waals surface area contributed by atoms with Crippen molar-refractivity contribution in [2.75, 3.05) is 0 Å². The normalized spacial score (nSPS) is 15.1. The topological polar surface area (TPSA) is 12.0 Å². The fraction of sp³-hybridized carbons (Fsp3) is 0.455. The highest BCUT2D eigenvalue weighted by Gasteiger charge is 2.09. The summed E-state index contributed by atoms with van der Waals surface area (Å²) >= 11 is 0. The van der Waals surface area contributed by atoms with Crippen LogP contribution in [-0.2, 0) is 0 Å². The van der Waals surface area contributed by atoms with Gasteiger partial charge in [-0.05, 0) is 31.0 Å². The number of nitrogens with one attached hydrogen (secondary N) is 1. The summed E-state index contributed by atoms with van der Waals surface area (Å²) in [4.78, 5) is 0. The van der Waals surface area contributed by atoms with Crippen LogP contribution in [0.15, 0.2) is 24.3 Å². The van der Waals surface area contributed by atoms with E-state index in [1.165, 1.54) is 12.1 Å². The summed E-state index contributed by atoms with van der Waals surface area (Å²) in [6.45, 7) is 4.20. The molecule has 2 unspecified atom stereocenters. The van der Waals surface area contributed by atoms with Gasteiger partial charge in [0.2, 0.25) is 0 Å². The molecule has 0 heterocycles. The predicted molar refractivity (Wildman–Crippen MR) is 61.7 cm³/mol. The average Bonchev–Trinajstić information content (AvgIpc) is 2.15. The van der Waals surface area contributed by atoms with Gasteiger partial charge in [-0.3, -0.25) is 0 Å². The van der Waals surface area contributed by atoms with Gasteiger partial charge in [-0.15, -0.1) is 9.24 Å². The smallest absolute Gasteiger partial charge is 0.123 e. The highest BCUT2D eigenvalue weighted by Crippen LogP contribution is 2.18. The lowest BCUT2D eigenvalue weighted by molar-refractivity contribution is 0.516. The summed E-state index contributed by atoms with van der Waals surface area (Å²) in [5.41, 5.74) is 1.14. The zero-order valence-corrected chi connectivity index (χ0v) is 9.78. The minimum atomic E-state index is -0.178. The first-order chi connectivity index (χ1) is 6.63. The van der Waals surface area contributed by atoms with E-state index in [0.717, 1.165) is 12.0 Å². The molecule has 1 aromatic carbocycles. The highest BCUT2D eigenvalue weighted by atomic mass is 31.0. The van der Waals surface area contributed by atoms with Gasteiger partial charge in [-0.2, -0.15) is 0 Å². The van der Waals surface area contributed by atoms with E-state index in [4.69, 9.17) is 0 Å². The van der Waals surface area contributed by atoms with E-state index in [0.29, 0.717) is 11.8 Å². The second kappa shape index (κ2) is 5.43. The first-order valence-electron chi connectivity index (χ1n) is 4.90. The van der Waals surface area contributed by atoms with Crippen molar-refractivity contribution in [2.45, 2.75) is 32.1 Å². The maximum absolute atomic E-state index is 12.7. The zero-order valence-electron chi connectivity index (χ0n) is 8.63. The molecule has 0 fully saturated rings. The van der Waals surface area contributed by atoms with Gasteiger partial charge in [0, 0.05) is 11.8 Å². The molecule has 78 valence electrons. The van der Waals surface area contributed by atoms with E-state index in [2.05, 4.69) is 28.4 Å². The van der Waals surface area contributed by atoms with Crippen LogP contribution in [0.3, 0.4) is 0 Å². The quantitative estimate of drug-likeness (QED) is 0.758. The third-order valence-corrected chi connectivity index (χ3v) is 2.34. The van der Waals surface area contributed by atoms with Crippen molar-refractivity contribution in [3.05, 3.63) is 35.6 Å². The maximum atomic E-state index is 12.7. The van der Waals surface area contributed by atoms with Crippen molar-refractivity contribution in [1.29, 1.82) is 0 Å². The summed E-state index contributed by atoms with van der Waals surface area (Å²) in [7, 11) is 2.71. The molecule has 0 aliphatic rings. The molecule has 1 N–H and O–H groups in total. The van der Waals surface area contributed by atoms with Gasteiger partial charge in [0.05, 0.1) is 0 Å². The van der Waals surface area contributed by atoms with Crippen molar-refractivity contribution < 1.29 is 4.39 Å². The molecule has 1 nitrogen and oxygen atoms in total. The molecule has 1 aromatic rings. The third-order valence-electron chi connectivity index (χ3n) is 2.14. The number of hydrogen-bond acceptors (Lipinski definition) is 1. The Morgan fingerprint density at radius 2 is 1.93 bits per heavy atom. The van der Waals surface area contributed by atoms with Crippen LogP contribution in [-0.4, -0.2) is 5.78 Å². The van der Waals surface area contributed by atoms with E-state index in [1.807, 2.05) is 12.1 Å². The van der Waals surface area contributed by atoms with Crippen molar-refractivity contribution >= 4 is 9.24 Å². The largest absolute Gasteiger partial charge is 0.304 e. The lowest BCUT2D eigenvalue weighted by Crippen LogP contribution is -2.25. The zero-order chi connectivity index (χ0) is 10.6.